The van der Waals surface area contributed by atoms with E-state index >= 15 is 0 Å². The van der Waals surface area contributed by atoms with Gasteiger partial charge in [0.2, 0.25) is 0 Å². The van der Waals surface area contributed by atoms with Gasteiger partial charge in [0.05, 0.1) is 24.2 Å². The zero-order valence-corrected chi connectivity index (χ0v) is 16.4. The first kappa shape index (κ1) is 20.0. The van der Waals surface area contributed by atoms with Crippen molar-refractivity contribution in [1.82, 2.24) is 19.6 Å². The molecule has 1 aliphatic heterocycles. The van der Waals surface area contributed by atoms with Crippen LogP contribution in [0.5, 0.6) is 0 Å². The van der Waals surface area contributed by atoms with Gasteiger partial charge in [0.1, 0.15) is 5.56 Å². The minimum atomic E-state index is -1.01. The monoisotopic (exact) mass is 386 g/mol. The molecule has 3 rings (SSSR count). The fourth-order valence-corrected chi connectivity index (χ4v) is 3.91. The molecule has 8 heteroatoms. The number of amides is 1. The summed E-state index contributed by atoms with van der Waals surface area (Å²) >= 11 is 0. The molecule has 0 bridgehead atoms. The summed E-state index contributed by atoms with van der Waals surface area (Å²) in [5, 5.41) is 22.4. The first-order valence-electron chi connectivity index (χ1n) is 9.35. The van der Waals surface area contributed by atoms with Gasteiger partial charge in [0.15, 0.2) is 0 Å². The molecule has 0 unspecified atom stereocenters. The van der Waals surface area contributed by atoms with Crippen LogP contribution in [0.3, 0.4) is 0 Å². The third-order valence-electron chi connectivity index (χ3n) is 5.59. The molecule has 1 saturated heterocycles. The summed E-state index contributed by atoms with van der Waals surface area (Å²) in [7, 11) is 1.97. The first-order valence-corrected chi connectivity index (χ1v) is 9.35. The predicted molar refractivity (Wildman–Crippen MR) is 104 cm³/mol. The van der Waals surface area contributed by atoms with Crippen LogP contribution in [0, 0.1) is 6.92 Å². The Kier molecular flexibility index (Phi) is 5.81. The maximum Gasteiger partial charge on any atom is 0.339 e. The second-order valence-corrected chi connectivity index (χ2v) is 7.21. The first-order chi connectivity index (χ1) is 13.3. The second-order valence-electron chi connectivity index (χ2n) is 7.21. The number of aliphatic hydroxyl groups excluding tert-OH is 1. The summed E-state index contributed by atoms with van der Waals surface area (Å²) in [4.78, 5) is 28.1. The lowest BCUT2D eigenvalue weighted by molar-refractivity contribution is 0.0690. The van der Waals surface area contributed by atoms with Crippen LogP contribution in [-0.4, -0.2) is 80.5 Å². The Bertz CT molecular complexity index is 862. The highest BCUT2D eigenvalue weighted by Crippen LogP contribution is 2.24. The van der Waals surface area contributed by atoms with Crippen LogP contribution in [-0.2, 0) is 0 Å². The number of carboxylic acids is 1. The lowest BCUT2D eigenvalue weighted by atomic mass is 10.1. The highest BCUT2D eigenvalue weighted by Gasteiger charge is 2.36. The molecule has 28 heavy (non-hydrogen) atoms. The van der Waals surface area contributed by atoms with E-state index in [2.05, 4.69) is 10.00 Å². The van der Waals surface area contributed by atoms with Gasteiger partial charge in [-0.1, -0.05) is 0 Å². The molecule has 8 nitrogen and oxygen atoms in total. The largest absolute Gasteiger partial charge is 0.478 e. The van der Waals surface area contributed by atoms with E-state index in [1.54, 1.807) is 35.9 Å². The van der Waals surface area contributed by atoms with Gasteiger partial charge in [-0.2, -0.15) is 5.10 Å². The van der Waals surface area contributed by atoms with Crippen molar-refractivity contribution >= 4 is 11.9 Å². The van der Waals surface area contributed by atoms with Crippen molar-refractivity contribution in [2.45, 2.75) is 32.4 Å². The molecule has 1 aliphatic rings. The smallest absolute Gasteiger partial charge is 0.339 e. The number of carbonyl (C=O) groups excluding carboxylic acids is 1. The van der Waals surface area contributed by atoms with Crippen molar-refractivity contribution in [2.24, 2.45) is 0 Å². The van der Waals surface area contributed by atoms with E-state index in [9.17, 15) is 9.59 Å². The molecule has 150 valence electrons. The lowest BCUT2D eigenvalue weighted by Crippen LogP contribution is -2.44. The fraction of sp³-hybridized carbons (Fsp3) is 0.450. The minimum Gasteiger partial charge on any atom is -0.478 e. The Hall–Kier alpha value is -2.71. The van der Waals surface area contributed by atoms with Gasteiger partial charge in [-0.05, 0) is 51.6 Å². The van der Waals surface area contributed by atoms with Crippen molar-refractivity contribution in [3.63, 3.8) is 0 Å². The molecule has 1 fully saturated rings. The summed E-state index contributed by atoms with van der Waals surface area (Å²) in [6, 6.07) is 7.34. The van der Waals surface area contributed by atoms with Crippen LogP contribution in [0.15, 0.2) is 30.5 Å². The van der Waals surface area contributed by atoms with Gasteiger partial charge in [-0.15, -0.1) is 0 Å². The Morgan fingerprint density at radius 1 is 1.29 bits per heavy atom. The van der Waals surface area contributed by atoms with Gasteiger partial charge in [-0.25, -0.2) is 9.48 Å². The summed E-state index contributed by atoms with van der Waals surface area (Å²) < 4.78 is 1.55. The van der Waals surface area contributed by atoms with Crippen LogP contribution < -0.4 is 0 Å². The Labute approximate surface area is 164 Å². The van der Waals surface area contributed by atoms with E-state index in [1.165, 1.54) is 6.20 Å². The number of rotatable bonds is 6. The SMILES string of the molecule is Cc1c(C(=O)O)cnn1-c1ccc(C(=O)N2CC[C@@H](N(C)CCO)[C@H]2C)cc1. The van der Waals surface area contributed by atoms with Crippen LogP contribution >= 0.6 is 0 Å². The number of likely N-dealkylation sites (tertiary alicyclic amines) is 1. The third kappa shape index (κ3) is 3.65. The standard InChI is InChI=1S/C20H26N4O4/c1-13-17(20(27)28)12-21-24(13)16-6-4-15(5-7-16)19(26)23-9-8-18(14(23)2)22(3)10-11-25/h4-7,12,14,18,25H,8-11H2,1-3H3,(H,27,28)/t14-,18-/m1/s1. The number of carboxylic acid groups (broad SMARTS) is 1. The molecule has 0 saturated carbocycles. The van der Waals surface area contributed by atoms with Crippen LogP contribution in [0.25, 0.3) is 5.69 Å². The van der Waals surface area contributed by atoms with Crippen molar-refractivity contribution in [2.75, 3.05) is 26.7 Å². The molecule has 2 heterocycles. The van der Waals surface area contributed by atoms with Crippen LogP contribution in [0.1, 0.15) is 39.8 Å². The normalized spacial score (nSPS) is 19.4. The third-order valence-corrected chi connectivity index (χ3v) is 5.59. The van der Waals surface area contributed by atoms with E-state index < -0.39 is 5.97 Å². The molecular weight excluding hydrogens is 360 g/mol. The zero-order valence-electron chi connectivity index (χ0n) is 16.4. The highest BCUT2D eigenvalue weighted by atomic mass is 16.4. The van der Waals surface area contributed by atoms with Gasteiger partial charge >= 0.3 is 5.97 Å². The fourth-order valence-electron chi connectivity index (χ4n) is 3.91. The number of nitrogens with zero attached hydrogens (tertiary/aromatic N) is 4. The number of benzene rings is 1. The summed E-state index contributed by atoms with van der Waals surface area (Å²) in [6.07, 6.45) is 2.21. The number of aromatic carboxylic acids is 1. The average molecular weight is 386 g/mol. The van der Waals surface area contributed by atoms with Crippen LogP contribution in [0.2, 0.25) is 0 Å². The topological polar surface area (TPSA) is 98.9 Å². The van der Waals surface area contributed by atoms with E-state index in [1.807, 2.05) is 18.9 Å². The average Bonchev–Trinajstić information content (AvgIpc) is 3.24. The Morgan fingerprint density at radius 3 is 2.54 bits per heavy atom. The van der Waals surface area contributed by atoms with E-state index in [-0.39, 0.29) is 30.2 Å². The van der Waals surface area contributed by atoms with Crippen molar-refractivity contribution < 1.29 is 19.8 Å². The van der Waals surface area contributed by atoms with Gasteiger partial charge in [0.25, 0.3) is 5.91 Å². The molecule has 0 spiro atoms. The molecule has 2 aromatic rings. The Balaban J connectivity index is 1.75. The molecule has 0 aliphatic carbocycles. The maximum absolute atomic E-state index is 12.9. The predicted octanol–water partition coefficient (Wildman–Crippen LogP) is 1.41. The van der Waals surface area contributed by atoms with Crippen molar-refractivity contribution in [1.29, 1.82) is 0 Å². The van der Waals surface area contributed by atoms with Crippen molar-refractivity contribution in [3.8, 4) is 5.69 Å². The molecule has 1 aromatic heterocycles. The summed E-state index contributed by atoms with van der Waals surface area (Å²) in [5.41, 5.74) is 1.99. The molecular formula is C20H26N4O4. The zero-order chi connectivity index (χ0) is 20.4. The number of aliphatic hydroxyl groups is 1. The van der Waals surface area contributed by atoms with E-state index in [4.69, 9.17) is 10.2 Å². The molecule has 1 aromatic carbocycles. The van der Waals surface area contributed by atoms with E-state index in [0.717, 1.165) is 6.42 Å². The molecule has 0 radical (unpaired) electrons. The van der Waals surface area contributed by atoms with Gasteiger partial charge in [-0.3, -0.25) is 9.69 Å². The second kappa shape index (κ2) is 8.12. The number of hydrogen-bond acceptors (Lipinski definition) is 5. The molecule has 1 amide bonds. The number of aromatic nitrogens is 2. The van der Waals surface area contributed by atoms with Gasteiger partial charge in [0, 0.05) is 30.7 Å². The van der Waals surface area contributed by atoms with E-state index in [0.29, 0.717) is 30.0 Å². The Morgan fingerprint density at radius 2 is 1.96 bits per heavy atom. The highest BCUT2D eigenvalue weighted by molar-refractivity contribution is 5.95. The quantitative estimate of drug-likeness (QED) is 0.779. The van der Waals surface area contributed by atoms with Crippen molar-refractivity contribution in [3.05, 3.63) is 47.3 Å². The minimum absolute atomic E-state index is 0.0256. The van der Waals surface area contributed by atoms with Gasteiger partial charge < -0.3 is 15.1 Å². The summed E-state index contributed by atoms with van der Waals surface area (Å²) in [5.74, 6) is -1.04. The molecule has 2 N–H and O–H groups in total. The number of carbonyl (C=O) groups is 2. The maximum atomic E-state index is 12.9. The lowest BCUT2D eigenvalue weighted by Gasteiger charge is -2.30. The van der Waals surface area contributed by atoms with Crippen LogP contribution in [0.4, 0.5) is 0 Å². The number of likely N-dealkylation sites (N-methyl/N-ethyl adjacent to an activating group) is 1. The summed E-state index contributed by atoms with van der Waals surface area (Å²) in [6.45, 7) is 5.12. The number of hydrogen-bond donors (Lipinski definition) is 2. The molecule has 2 atom stereocenters.